The van der Waals surface area contributed by atoms with E-state index in [9.17, 15) is 18.0 Å². The van der Waals surface area contributed by atoms with Gasteiger partial charge in [-0.2, -0.15) is 13.2 Å². The maximum Gasteiger partial charge on any atom is 0.416 e. The molecule has 0 radical (unpaired) electrons. The van der Waals surface area contributed by atoms with Crippen LogP contribution in [0, 0.1) is 6.92 Å². The van der Waals surface area contributed by atoms with Crippen molar-refractivity contribution in [2.75, 3.05) is 0 Å². The average Bonchev–Trinajstić information content (AvgIpc) is 2.59. The Bertz CT molecular complexity index is 963. The van der Waals surface area contributed by atoms with E-state index in [0.29, 0.717) is 30.1 Å². The minimum Gasteiger partial charge on any atom is -0.311 e. The molecule has 134 valence electrons. The highest BCUT2D eigenvalue weighted by Crippen LogP contribution is 2.29. The summed E-state index contributed by atoms with van der Waals surface area (Å²) in [6, 6.07) is 10.2. The van der Waals surface area contributed by atoms with Crippen LogP contribution >= 0.6 is 0 Å². The van der Waals surface area contributed by atoms with Crippen molar-refractivity contribution in [2.24, 2.45) is 0 Å². The molecule has 0 saturated carbocycles. The molecular formula is C19H16F3N3O. The van der Waals surface area contributed by atoms with Crippen molar-refractivity contribution in [3.8, 4) is 11.4 Å². The quantitative estimate of drug-likeness (QED) is 0.767. The van der Waals surface area contributed by atoms with Crippen LogP contribution in [-0.2, 0) is 19.0 Å². The highest BCUT2D eigenvalue weighted by atomic mass is 19.4. The lowest BCUT2D eigenvalue weighted by atomic mass is 10.0. The van der Waals surface area contributed by atoms with Crippen LogP contribution in [-0.4, -0.2) is 15.0 Å². The molecule has 0 amide bonds. The number of hydrogen-bond acceptors (Lipinski definition) is 3. The van der Waals surface area contributed by atoms with Crippen LogP contribution < -0.4 is 5.56 Å². The van der Waals surface area contributed by atoms with Crippen molar-refractivity contribution in [1.82, 2.24) is 15.0 Å². The maximum atomic E-state index is 12.6. The van der Waals surface area contributed by atoms with Crippen LogP contribution in [0.2, 0.25) is 0 Å². The second-order valence-electron chi connectivity index (χ2n) is 5.96. The normalized spacial score (nSPS) is 11.5. The number of hydrogen-bond donors (Lipinski definition) is 1. The van der Waals surface area contributed by atoms with E-state index < -0.39 is 11.7 Å². The van der Waals surface area contributed by atoms with E-state index in [4.69, 9.17) is 0 Å². The zero-order valence-corrected chi connectivity index (χ0v) is 14.0. The minimum atomic E-state index is -4.32. The SMILES string of the molecule is Cc1nc(-c2cc(CCc3ccc(C(F)(F)F)cc3)ccn2)cc(=O)[nH]1. The topological polar surface area (TPSA) is 58.6 Å². The van der Waals surface area contributed by atoms with E-state index in [1.165, 1.54) is 18.2 Å². The molecule has 0 saturated heterocycles. The molecule has 0 unspecified atom stereocenters. The molecule has 0 aliphatic carbocycles. The lowest BCUT2D eigenvalue weighted by Gasteiger charge is -2.08. The van der Waals surface area contributed by atoms with Crippen LogP contribution in [0.4, 0.5) is 13.2 Å². The van der Waals surface area contributed by atoms with E-state index in [2.05, 4.69) is 15.0 Å². The van der Waals surface area contributed by atoms with Gasteiger partial charge in [-0.25, -0.2) is 4.98 Å². The summed E-state index contributed by atoms with van der Waals surface area (Å²) in [4.78, 5) is 22.7. The molecule has 0 fully saturated rings. The second-order valence-corrected chi connectivity index (χ2v) is 5.96. The van der Waals surface area contributed by atoms with E-state index in [1.807, 2.05) is 12.1 Å². The van der Waals surface area contributed by atoms with E-state index in [1.54, 1.807) is 13.1 Å². The van der Waals surface area contributed by atoms with E-state index in [-0.39, 0.29) is 5.56 Å². The zero-order valence-electron chi connectivity index (χ0n) is 14.0. The summed E-state index contributed by atoms with van der Waals surface area (Å²) in [6.45, 7) is 1.69. The number of nitrogens with zero attached hydrogens (tertiary/aromatic N) is 2. The van der Waals surface area contributed by atoms with Gasteiger partial charge in [0.25, 0.3) is 5.56 Å². The lowest BCUT2D eigenvalue weighted by molar-refractivity contribution is -0.137. The van der Waals surface area contributed by atoms with Gasteiger partial charge in [-0.05, 0) is 55.2 Å². The summed E-state index contributed by atoms with van der Waals surface area (Å²) >= 11 is 0. The van der Waals surface area contributed by atoms with Gasteiger partial charge in [0.15, 0.2) is 0 Å². The molecule has 0 spiro atoms. The Balaban J connectivity index is 1.74. The first kappa shape index (κ1) is 17.8. The van der Waals surface area contributed by atoms with Gasteiger partial charge in [-0.3, -0.25) is 9.78 Å². The molecule has 2 aromatic heterocycles. The average molecular weight is 359 g/mol. The Morgan fingerprint density at radius 3 is 2.31 bits per heavy atom. The smallest absolute Gasteiger partial charge is 0.311 e. The number of halogens is 3. The zero-order chi connectivity index (χ0) is 18.7. The molecule has 2 heterocycles. The molecule has 0 atom stereocenters. The lowest BCUT2D eigenvalue weighted by Crippen LogP contribution is -2.09. The number of rotatable bonds is 4. The fourth-order valence-corrected chi connectivity index (χ4v) is 2.63. The third-order valence-corrected chi connectivity index (χ3v) is 3.93. The Morgan fingerprint density at radius 2 is 1.65 bits per heavy atom. The van der Waals surface area contributed by atoms with Crippen molar-refractivity contribution in [3.05, 3.63) is 81.5 Å². The first-order valence-electron chi connectivity index (χ1n) is 8.01. The molecule has 3 rings (SSSR count). The van der Waals surface area contributed by atoms with E-state index in [0.717, 1.165) is 23.3 Å². The molecule has 3 aromatic rings. The van der Waals surface area contributed by atoms with Gasteiger partial charge in [0.05, 0.1) is 17.0 Å². The fourth-order valence-electron chi connectivity index (χ4n) is 2.63. The molecule has 4 nitrogen and oxygen atoms in total. The number of aryl methyl sites for hydroxylation is 3. The number of H-pyrrole nitrogens is 1. The van der Waals surface area contributed by atoms with Crippen molar-refractivity contribution >= 4 is 0 Å². The second kappa shape index (κ2) is 7.11. The van der Waals surface area contributed by atoms with Gasteiger partial charge >= 0.3 is 6.18 Å². The van der Waals surface area contributed by atoms with Gasteiger partial charge < -0.3 is 4.98 Å². The predicted molar refractivity (Wildman–Crippen MR) is 91.7 cm³/mol. The monoisotopic (exact) mass is 359 g/mol. The molecule has 0 aliphatic heterocycles. The first-order chi connectivity index (χ1) is 12.3. The number of pyridine rings is 1. The molecule has 1 N–H and O–H groups in total. The number of nitrogens with one attached hydrogen (secondary N) is 1. The molecule has 7 heteroatoms. The van der Waals surface area contributed by atoms with Gasteiger partial charge in [0.2, 0.25) is 0 Å². The summed E-state index contributed by atoms with van der Waals surface area (Å²) in [5.74, 6) is 0.504. The van der Waals surface area contributed by atoms with Crippen molar-refractivity contribution in [3.63, 3.8) is 0 Å². The predicted octanol–water partition coefficient (Wildman–Crippen LogP) is 3.94. The maximum absolute atomic E-state index is 12.6. The molecule has 26 heavy (non-hydrogen) atoms. The molecule has 0 bridgehead atoms. The van der Waals surface area contributed by atoms with Crippen LogP contribution in [0.25, 0.3) is 11.4 Å². The van der Waals surface area contributed by atoms with Crippen molar-refractivity contribution < 1.29 is 13.2 Å². The minimum absolute atomic E-state index is 0.246. The number of aromatic amines is 1. The highest BCUT2D eigenvalue weighted by molar-refractivity contribution is 5.54. The number of benzene rings is 1. The molecule has 1 aromatic carbocycles. The standard InChI is InChI=1S/C19H16F3N3O/c1-12-24-17(11-18(26)25-12)16-10-14(8-9-23-16)3-2-13-4-6-15(7-5-13)19(20,21)22/h4-11H,2-3H2,1H3,(H,24,25,26). The van der Waals surface area contributed by atoms with Gasteiger partial charge in [-0.15, -0.1) is 0 Å². The Labute approximate surface area is 147 Å². The third-order valence-electron chi connectivity index (χ3n) is 3.93. The third kappa shape index (κ3) is 4.36. The summed E-state index contributed by atoms with van der Waals surface area (Å²) < 4.78 is 37.8. The Morgan fingerprint density at radius 1 is 0.962 bits per heavy atom. The Hall–Kier alpha value is -2.96. The fraction of sp³-hybridized carbons (Fsp3) is 0.211. The van der Waals surface area contributed by atoms with Crippen LogP contribution in [0.15, 0.2) is 53.5 Å². The van der Waals surface area contributed by atoms with Crippen molar-refractivity contribution in [1.29, 1.82) is 0 Å². The van der Waals surface area contributed by atoms with Crippen molar-refractivity contribution in [2.45, 2.75) is 25.9 Å². The van der Waals surface area contributed by atoms with E-state index >= 15 is 0 Å². The number of alkyl halides is 3. The largest absolute Gasteiger partial charge is 0.416 e. The molecule has 0 aliphatic rings. The summed E-state index contributed by atoms with van der Waals surface area (Å²) in [6.07, 6.45) is -1.45. The van der Waals surface area contributed by atoms with Crippen LogP contribution in [0.5, 0.6) is 0 Å². The van der Waals surface area contributed by atoms with Crippen LogP contribution in [0.1, 0.15) is 22.5 Å². The summed E-state index contributed by atoms with van der Waals surface area (Å²) in [7, 11) is 0. The summed E-state index contributed by atoms with van der Waals surface area (Å²) in [5.41, 5.74) is 1.97. The Kier molecular flexibility index (Phi) is 4.88. The highest BCUT2D eigenvalue weighted by Gasteiger charge is 2.29. The summed E-state index contributed by atoms with van der Waals surface area (Å²) in [5, 5.41) is 0. The van der Waals surface area contributed by atoms with Gasteiger partial charge in [-0.1, -0.05) is 12.1 Å². The van der Waals surface area contributed by atoms with Gasteiger partial charge in [0.1, 0.15) is 5.82 Å². The number of aromatic nitrogens is 3. The first-order valence-corrected chi connectivity index (χ1v) is 8.01. The van der Waals surface area contributed by atoms with Crippen LogP contribution in [0.3, 0.4) is 0 Å². The van der Waals surface area contributed by atoms with Gasteiger partial charge in [0, 0.05) is 12.3 Å². The molecular weight excluding hydrogens is 343 g/mol.